The van der Waals surface area contributed by atoms with Gasteiger partial charge in [-0.1, -0.05) is 164 Å². The molecule has 0 aliphatic heterocycles. The lowest BCUT2D eigenvalue weighted by Gasteiger charge is -2.13. The molecule has 0 bridgehead atoms. The molecule has 9 rings (SSSR count). The van der Waals surface area contributed by atoms with Crippen LogP contribution in [-0.4, -0.2) is 19.5 Å². The van der Waals surface area contributed by atoms with Crippen LogP contribution in [0.15, 0.2) is 182 Å². The molecule has 230 valence electrons. The van der Waals surface area contributed by atoms with Gasteiger partial charge < -0.3 is 0 Å². The minimum atomic E-state index is 0.578. The van der Waals surface area contributed by atoms with Crippen molar-refractivity contribution < 1.29 is 0 Å². The number of hydrogen-bond acceptors (Lipinski definition) is 3. The molecule has 49 heavy (non-hydrogen) atoms. The number of nitrogens with zero attached hydrogens (tertiary/aromatic N) is 4. The van der Waals surface area contributed by atoms with Crippen LogP contribution in [0.2, 0.25) is 0 Å². The molecule has 0 unspecified atom stereocenters. The van der Waals surface area contributed by atoms with E-state index in [1.807, 2.05) is 60.7 Å². The van der Waals surface area contributed by atoms with Crippen molar-refractivity contribution in [2.75, 3.05) is 0 Å². The van der Waals surface area contributed by atoms with Crippen LogP contribution in [0.4, 0.5) is 0 Å². The minimum Gasteiger partial charge on any atom is -0.278 e. The van der Waals surface area contributed by atoms with Crippen LogP contribution in [0.3, 0.4) is 0 Å². The molecule has 0 aliphatic carbocycles. The van der Waals surface area contributed by atoms with E-state index < -0.39 is 0 Å². The summed E-state index contributed by atoms with van der Waals surface area (Å²) in [5, 5.41) is 2.30. The van der Waals surface area contributed by atoms with E-state index in [0.29, 0.717) is 17.6 Å². The predicted octanol–water partition coefficient (Wildman–Crippen LogP) is 11.3. The van der Waals surface area contributed by atoms with E-state index in [0.717, 1.165) is 55.2 Å². The van der Waals surface area contributed by atoms with Crippen molar-refractivity contribution >= 4 is 21.8 Å². The topological polar surface area (TPSA) is 43.6 Å². The highest BCUT2D eigenvalue weighted by Gasteiger charge is 2.21. The molecule has 0 amide bonds. The third kappa shape index (κ3) is 5.26. The van der Waals surface area contributed by atoms with Gasteiger partial charge in [0.15, 0.2) is 11.6 Å². The molecule has 0 fully saturated rings. The fourth-order valence-corrected chi connectivity index (χ4v) is 6.71. The lowest BCUT2D eigenvalue weighted by Crippen LogP contribution is -2.06. The second-order valence-electron chi connectivity index (χ2n) is 12.1. The number of fused-ring (bicyclic) bond motifs is 3. The third-order valence-corrected chi connectivity index (χ3v) is 9.07. The second-order valence-corrected chi connectivity index (χ2v) is 12.1. The Balaban J connectivity index is 1.35. The quantitative estimate of drug-likeness (QED) is 0.184. The van der Waals surface area contributed by atoms with Gasteiger partial charge in [0, 0.05) is 21.9 Å². The minimum absolute atomic E-state index is 0.578. The number of para-hydroxylation sites is 1. The van der Waals surface area contributed by atoms with Gasteiger partial charge in [0.2, 0.25) is 5.95 Å². The van der Waals surface area contributed by atoms with Crippen LogP contribution in [0.1, 0.15) is 0 Å². The Bertz CT molecular complexity index is 2500. The van der Waals surface area contributed by atoms with Gasteiger partial charge in [-0.2, -0.15) is 9.97 Å². The first-order valence-corrected chi connectivity index (χ1v) is 16.5. The Morgan fingerprint density at radius 3 is 1.35 bits per heavy atom. The van der Waals surface area contributed by atoms with Gasteiger partial charge in [-0.05, 0) is 51.6 Å². The van der Waals surface area contributed by atoms with Gasteiger partial charge in [-0.15, -0.1) is 0 Å². The first-order chi connectivity index (χ1) is 24.3. The summed E-state index contributed by atoms with van der Waals surface area (Å²) < 4.78 is 2.21. The highest BCUT2D eigenvalue weighted by atomic mass is 15.2. The molecule has 2 aromatic heterocycles. The third-order valence-electron chi connectivity index (χ3n) is 9.07. The summed E-state index contributed by atoms with van der Waals surface area (Å²) in [5.41, 5.74) is 10.9. The number of aromatic nitrogens is 4. The lowest BCUT2D eigenvalue weighted by molar-refractivity contribution is 0.953. The standard InChI is InChI=1S/C45H30N4/c1-5-15-31(16-6-1)33-25-27-34(28-26-33)39-29-37(32-17-7-2-8-18-32)30-41-42(39)38-23-13-14-24-40(38)49(41)45-47-43(35-19-9-3-10-20-35)46-44(48-45)36-21-11-4-12-22-36/h1-30H. The molecule has 0 N–H and O–H groups in total. The SMILES string of the molecule is c1ccc(-c2ccc(-c3cc(-c4ccccc4)cc4c3c3ccccc3n4-c3nc(-c4ccccc4)nc(-c4ccccc4)n3)cc2)cc1. The second kappa shape index (κ2) is 12.2. The molecule has 0 aliphatic rings. The Morgan fingerprint density at radius 1 is 0.327 bits per heavy atom. The molecule has 4 heteroatoms. The van der Waals surface area contributed by atoms with Crippen molar-refractivity contribution in [1.29, 1.82) is 0 Å². The van der Waals surface area contributed by atoms with Crippen LogP contribution in [0, 0.1) is 0 Å². The lowest BCUT2D eigenvalue weighted by atomic mass is 9.93. The zero-order valence-corrected chi connectivity index (χ0v) is 26.6. The van der Waals surface area contributed by atoms with E-state index in [1.165, 1.54) is 11.1 Å². The van der Waals surface area contributed by atoms with E-state index in [1.54, 1.807) is 0 Å². The first-order valence-electron chi connectivity index (χ1n) is 16.5. The van der Waals surface area contributed by atoms with Crippen molar-refractivity contribution in [1.82, 2.24) is 19.5 Å². The maximum atomic E-state index is 5.16. The van der Waals surface area contributed by atoms with Crippen LogP contribution in [0.25, 0.3) is 83.9 Å². The van der Waals surface area contributed by atoms with Crippen molar-refractivity contribution in [3.63, 3.8) is 0 Å². The summed E-state index contributed by atoms with van der Waals surface area (Å²) in [5.74, 6) is 1.84. The van der Waals surface area contributed by atoms with Crippen molar-refractivity contribution in [3.8, 4) is 62.1 Å². The van der Waals surface area contributed by atoms with Gasteiger partial charge in [0.25, 0.3) is 0 Å². The average Bonchev–Trinajstić information content (AvgIpc) is 3.53. The van der Waals surface area contributed by atoms with Gasteiger partial charge in [0.1, 0.15) is 0 Å². The van der Waals surface area contributed by atoms with Crippen molar-refractivity contribution in [3.05, 3.63) is 182 Å². The fourth-order valence-electron chi connectivity index (χ4n) is 6.71. The Hall–Kier alpha value is -6.65. The van der Waals surface area contributed by atoms with E-state index in [2.05, 4.69) is 126 Å². The van der Waals surface area contributed by atoms with E-state index in [9.17, 15) is 0 Å². The summed E-state index contributed by atoms with van der Waals surface area (Å²) in [4.78, 5) is 15.3. The monoisotopic (exact) mass is 626 g/mol. The van der Waals surface area contributed by atoms with Gasteiger partial charge in [0.05, 0.1) is 11.0 Å². The smallest absolute Gasteiger partial charge is 0.238 e. The molecular weight excluding hydrogens is 597 g/mol. The summed E-state index contributed by atoms with van der Waals surface area (Å²) >= 11 is 0. The number of benzene rings is 7. The van der Waals surface area contributed by atoms with E-state index in [-0.39, 0.29) is 0 Å². The summed E-state index contributed by atoms with van der Waals surface area (Å²) in [7, 11) is 0. The molecule has 7 aromatic carbocycles. The maximum Gasteiger partial charge on any atom is 0.238 e. The molecule has 4 nitrogen and oxygen atoms in total. The largest absolute Gasteiger partial charge is 0.278 e. The van der Waals surface area contributed by atoms with Crippen molar-refractivity contribution in [2.24, 2.45) is 0 Å². The molecule has 2 heterocycles. The molecular formula is C45H30N4. The molecule has 0 radical (unpaired) electrons. The molecule has 0 spiro atoms. The number of hydrogen-bond donors (Lipinski definition) is 0. The molecule has 0 saturated carbocycles. The van der Waals surface area contributed by atoms with Gasteiger partial charge in [-0.25, -0.2) is 4.98 Å². The summed E-state index contributed by atoms with van der Waals surface area (Å²) in [6, 6.07) is 63.4. The Morgan fingerprint density at radius 2 is 0.776 bits per heavy atom. The first kappa shape index (κ1) is 28.6. The zero-order valence-electron chi connectivity index (χ0n) is 26.6. The summed E-state index contributed by atoms with van der Waals surface area (Å²) in [6.07, 6.45) is 0. The van der Waals surface area contributed by atoms with Crippen molar-refractivity contribution in [2.45, 2.75) is 0 Å². The van der Waals surface area contributed by atoms with Gasteiger partial charge in [-0.3, -0.25) is 4.57 Å². The highest BCUT2D eigenvalue weighted by Crippen LogP contribution is 2.41. The number of rotatable bonds is 6. The maximum absolute atomic E-state index is 5.16. The molecule has 0 atom stereocenters. The molecule has 9 aromatic rings. The van der Waals surface area contributed by atoms with Gasteiger partial charge >= 0.3 is 0 Å². The predicted molar refractivity (Wildman–Crippen MR) is 201 cm³/mol. The normalized spacial score (nSPS) is 11.3. The molecule has 0 saturated heterocycles. The van der Waals surface area contributed by atoms with Crippen LogP contribution < -0.4 is 0 Å². The average molecular weight is 627 g/mol. The van der Waals surface area contributed by atoms with E-state index in [4.69, 9.17) is 15.0 Å². The Kier molecular flexibility index (Phi) is 7.10. The summed E-state index contributed by atoms with van der Waals surface area (Å²) in [6.45, 7) is 0. The van der Waals surface area contributed by atoms with Crippen LogP contribution in [0.5, 0.6) is 0 Å². The highest BCUT2D eigenvalue weighted by molar-refractivity contribution is 6.16. The van der Waals surface area contributed by atoms with Crippen LogP contribution in [-0.2, 0) is 0 Å². The zero-order chi connectivity index (χ0) is 32.6. The fraction of sp³-hybridized carbons (Fsp3) is 0. The van der Waals surface area contributed by atoms with E-state index >= 15 is 0 Å². The Labute approximate surface area is 284 Å². The van der Waals surface area contributed by atoms with Crippen LogP contribution >= 0.6 is 0 Å².